The second kappa shape index (κ2) is 14.5. The van der Waals surface area contributed by atoms with E-state index in [2.05, 4.69) is 212 Å². The van der Waals surface area contributed by atoms with Crippen molar-refractivity contribution in [1.29, 1.82) is 0 Å². The zero-order chi connectivity index (χ0) is 40.3. The van der Waals surface area contributed by atoms with Crippen LogP contribution in [0.2, 0.25) is 0 Å². The summed E-state index contributed by atoms with van der Waals surface area (Å²) in [6.07, 6.45) is 0. The standard InChI is InChI=1S/C57H35N3S/c1-2-14-36(15-3-1)39-19-10-20-40(34-39)41-31-30-38-18-12-27-49(52(38)35-41)55-58-56(60-57(59-55)51-28-13-26-48-47-24-8-9-29-53(47)61-54(48)51)50-33-32-46(44-22-6-7-23-45(44)50)43-25-11-17-37-16-4-5-21-42(37)43/h1-35H. The van der Waals surface area contributed by atoms with Crippen LogP contribution in [-0.4, -0.2) is 15.0 Å². The van der Waals surface area contributed by atoms with Crippen LogP contribution in [0.4, 0.5) is 0 Å². The Balaban J connectivity index is 1.08. The van der Waals surface area contributed by atoms with E-state index in [4.69, 9.17) is 15.0 Å². The van der Waals surface area contributed by atoms with Crippen LogP contribution in [0.25, 0.3) is 120 Å². The van der Waals surface area contributed by atoms with Crippen molar-refractivity contribution in [1.82, 2.24) is 15.0 Å². The van der Waals surface area contributed by atoms with Crippen LogP contribution < -0.4 is 0 Å². The molecule has 2 aromatic heterocycles. The van der Waals surface area contributed by atoms with Crippen LogP contribution in [0.1, 0.15) is 0 Å². The predicted molar refractivity (Wildman–Crippen MR) is 258 cm³/mol. The Bertz CT molecular complexity index is 3660. The molecule has 12 aromatic rings. The lowest BCUT2D eigenvalue weighted by atomic mass is 9.92. The fourth-order valence-electron chi connectivity index (χ4n) is 9.01. The maximum Gasteiger partial charge on any atom is 0.165 e. The van der Waals surface area contributed by atoms with Crippen LogP contribution in [0.3, 0.4) is 0 Å². The second-order valence-corrected chi connectivity index (χ2v) is 16.6. The fourth-order valence-corrected chi connectivity index (χ4v) is 10.2. The number of hydrogen-bond acceptors (Lipinski definition) is 4. The van der Waals surface area contributed by atoms with E-state index < -0.39 is 0 Å². The molecule has 0 aliphatic heterocycles. The van der Waals surface area contributed by atoms with Gasteiger partial charge in [0.1, 0.15) is 0 Å². The van der Waals surface area contributed by atoms with Gasteiger partial charge in [-0.3, -0.25) is 0 Å². The summed E-state index contributed by atoms with van der Waals surface area (Å²) < 4.78 is 2.41. The highest BCUT2D eigenvalue weighted by molar-refractivity contribution is 7.26. The third-order valence-corrected chi connectivity index (χ3v) is 13.2. The first-order valence-electron chi connectivity index (χ1n) is 20.6. The van der Waals surface area contributed by atoms with Gasteiger partial charge in [-0.05, 0) is 96.0 Å². The second-order valence-electron chi connectivity index (χ2n) is 15.5. The van der Waals surface area contributed by atoms with Crippen LogP contribution in [-0.2, 0) is 0 Å². The first-order valence-corrected chi connectivity index (χ1v) is 21.4. The van der Waals surface area contributed by atoms with E-state index >= 15 is 0 Å². The van der Waals surface area contributed by atoms with E-state index in [1.54, 1.807) is 11.3 Å². The SMILES string of the molecule is c1ccc(-c2cccc(-c3ccc4cccc(-c5nc(-c6ccc(-c7cccc8ccccc78)c7ccccc67)nc(-c6cccc7c6sc6ccccc67)n5)c4c3)c2)cc1. The van der Waals surface area contributed by atoms with E-state index in [0.717, 1.165) is 49.4 Å². The summed E-state index contributed by atoms with van der Waals surface area (Å²) in [6.45, 7) is 0. The summed E-state index contributed by atoms with van der Waals surface area (Å²) in [6, 6.07) is 75.8. The summed E-state index contributed by atoms with van der Waals surface area (Å²) >= 11 is 1.79. The van der Waals surface area contributed by atoms with Crippen molar-refractivity contribution < 1.29 is 0 Å². The van der Waals surface area contributed by atoms with Crippen molar-refractivity contribution in [2.24, 2.45) is 0 Å². The van der Waals surface area contributed by atoms with Gasteiger partial charge in [-0.2, -0.15) is 0 Å². The summed E-state index contributed by atoms with van der Waals surface area (Å²) in [5, 5.41) is 9.35. The monoisotopic (exact) mass is 793 g/mol. The lowest BCUT2D eigenvalue weighted by Crippen LogP contribution is -2.01. The number of benzene rings is 10. The number of nitrogens with zero attached hydrogens (tertiary/aromatic N) is 3. The molecule has 0 saturated heterocycles. The van der Waals surface area contributed by atoms with Crippen LogP contribution in [0.15, 0.2) is 212 Å². The Morgan fingerprint density at radius 2 is 0.738 bits per heavy atom. The van der Waals surface area contributed by atoms with Crippen molar-refractivity contribution in [3.05, 3.63) is 212 Å². The van der Waals surface area contributed by atoms with Crippen molar-refractivity contribution in [3.63, 3.8) is 0 Å². The number of aromatic nitrogens is 3. The van der Waals surface area contributed by atoms with Gasteiger partial charge in [0, 0.05) is 36.9 Å². The molecule has 0 atom stereocenters. The van der Waals surface area contributed by atoms with Crippen molar-refractivity contribution >= 4 is 63.8 Å². The molecule has 10 aromatic carbocycles. The molecular formula is C57H35N3S. The van der Waals surface area contributed by atoms with E-state index in [9.17, 15) is 0 Å². The molecule has 0 N–H and O–H groups in total. The van der Waals surface area contributed by atoms with Gasteiger partial charge in [-0.1, -0.05) is 182 Å². The maximum absolute atomic E-state index is 5.41. The summed E-state index contributed by atoms with van der Waals surface area (Å²) in [5.41, 5.74) is 9.99. The molecule has 0 aliphatic rings. The summed E-state index contributed by atoms with van der Waals surface area (Å²) in [5.74, 6) is 1.94. The lowest BCUT2D eigenvalue weighted by molar-refractivity contribution is 1.08. The molecule has 284 valence electrons. The molecule has 12 rings (SSSR count). The molecule has 0 aliphatic carbocycles. The fraction of sp³-hybridized carbons (Fsp3) is 0. The van der Waals surface area contributed by atoms with Gasteiger partial charge in [-0.25, -0.2) is 15.0 Å². The Morgan fingerprint density at radius 3 is 1.54 bits per heavy atom. The van der Waals surface area contributed by atoms with Gasteiger partial charge in [0.2, 0.25) is 0 Å². The molecule has 0 fully saturated rings. The van der Waals surface area contributed by atoms with Crippen molar-refractivity contribution in [2.75, 3.05) is 0 Å². The molecule has 0 spiro atoms. The molecule has 0 radical (unpaired) electrons. The average Bonchev–Trinajstić information content (AvgIpc) is 3.72. The van der Waals surface area contributed by atoms with E-state index in [-0.39, 0.29) is 0 Å². The first kappa shape index (κ1) is 35.2. The molecule has 0 saturated carbocycles. The number of hydrogen-bond donors (Lipinski definition) is 0. The normalized spacial score (nSPS) is 11.6. The minimum absolute atomic E-state index is 0.640. The molecule has 2 heterocycles. The number of thiophene rings is 1. The van der Waals surface area contributed by atoms with Gasteiger partial charge in [0.25, 0.3) is 0 Å². The van der Waals surface area contributed by atoms with E-state index in [0.29, 0.717) is 17.5 Å². The van der Waals surface area contributed by atoms with Crippen molar-refractivity contribution in [3.8, 4) is 67.5 Å². The van der Waals surface area contributed by atoms with Gasteiger partial charge in [-0.15, -0.1) is 11.3 Å². The van der Waals surface area contributed by atoms with Gasteiger partial charge in [0.15, 0.2) is 17.5 Å². The molecule has 0 bridgehead atoms. The molecule has 61 heavy (non-hydrogen) atoms. The predicted octanol–water partition coefficient (Wildman–Crippen LogP) is 15.7. The Labute approximate surface area is 356 Å². The number of fused-ring (bicyclic) bond motifs is 6. The van der Waals surface area contributed by atoms with Crippen molar-refractivity contribution in [2.45, 2.75) is 0 Å². The van der Waals surface area contributed by atoms with Crippen LogP contribution >= 0.6 is 11.3 Å². The minimum Gasteiger partial charge on any atom is -0.208 e. The van der Waals surface area contributed by atoms with Gasteiger partial charge < -0.3 is 0 Å². The van der Waals surface area contributed by atoms with Gasteiger partial charge in [0.05, 0.1) is 0 Å². The maximum atomic E-state index is 5.41. The zero-order valence-corrected chi connectivity index (χ0v) is 33.8. The van der Waals surface area contributed by atoms with Gasteiger partial charge >= 0.3 is 0 Å². The van der Waals surface area contributed by atoms with Crippen LogP contribution in [0, 0.1) is 0 Å². The Kier molecular flexibility index (Phi) is 8.36. The number of rotatable bonds is 6. The molecule has 3 nitrogen and oxygen atoms in total. The topological polar surface area (TPSA) is 38.7 Å². The van der Waals surface area contributed by atoms with E-state index in [1.807, 2.05) is 0 Å². The zero-order valence-electron chi connectivity index (χ0n) is 33.0. The smallest absolute Gasteiger partial charge is 0.165 e. The third-order valence-electron chi connectivity index (χ3n) is 12.0. The summed E-state index contributed by atoms with van der Waals surface area (Å²) in [4.78, 5) is 16.2. The first-order chi connectivity index (χ1) is 30.2. The quantitative estimate of drug-likeness (QED) is 0.168. The molecule has 0 amide bonds. The Hall–Kier alpha value is -7.79. The lowest BCUT2D eigenvalue weighted by Gasteiger charge is -2.15. The molecule has 4 heteroatoms. The summed E-state index contributed by atoms with van der Waals surface area (Å²) in [7, 11) is 0. The molecule has 0 unspecified atom stereocenters. The highest BCUT2D eigenvalue weighted by Gasteiger charge is 2.20. The van der Waals surface area contributed by atoms with Crippen LogP contribution in [0.5, 0.6) is 0 Å². The van der Waals surface area contributed by atoms with E-state index in [1.165, 1.54) is 53.2 Å². The highest BCUT2D eigenvalue weighted by Crippen LogP contribution is 2.42. The Morgan fingerprint density at radius 1 is 0.262 bits per heavy atom. The molecular weight excluding hydrogens is 759 g/mol. The third kappa shape index (κ3) is 6.07. The largest absolute Gasteiger partial charge is 0.208 e. The minimum atomic E-state index is 0.640. The highest BCUT2D eigenvalue weighted by atomic mass is 32.1. The average molecular weight is 794 g/mol.